The van der Waals surface area contributed by atoms with Crippen LogP contribution in [0.1, 0.15) is 19.4 Å². The molecular formula is C9H10Cl2N4O. The van der Waals surface area contributed by atoms with Crippen molar-refractivity contribution in [2.24, 2.45) is 0 Å². The third kappa shape index (κ3) is 1.86. The van der Waals surface area contributed by atoms with Crippen LogP contribution in [0.3, 0.4) is 0 Å². The van der Waals surface area contributed by atoms with Gasteiger partial charge in [-0.15, -0.1) is 0 Å². The Morgan fingerprint density at radius 1 is 1.44 bits per heavy atom. The molecule has 0 spiro atoms. The van der Waals surface area contributed by atoms with Crippen molar-refractivity contribution in [2.75, 3.05) is 6.61 Å². The molecule has 2 aromatic rings. The van der Waals surface area contributed by atoms with Crippen molar-refractivity contribution in [3.05, 3.63) is 16.6 Å². The highest BCUT2D eigenvalue weighted by molar-refractivity contribution is 6.35. The van der Waals surface area contributed by atoms with Crippen molar-refractivity contribution in [2.45, 2.75) is 19.4 Å². The van der Waals surface area contributed by atoms with Crippen molar-refractivity contribution in [1.29, 1.82) is 0 Å². The number of halogens is 2. The topological polar surface area (TPSA) is 63.8 Å². The molecule has 0 aliphatic rings. The van der Waals surface area contributed by atoms with Crippen molar-refractivity contribution in [3.63, 3.8) is 0 Å². The Balaban J connectivity index is 2.63. The summed E-state index contributed by atoms with van der Waals surface area (Å²) < 4.78 is 1.62. The Morgan fingerprint density at radius 2 is 2.19 bits per heavy atom. The first kappa shape index (κ1) is 11.6. The predicted octanol–water partition coefficient (Wildman–Crippen LogP) is 2.08. The van der Waals surface area contributed by atoms with Crippen LogP contribution >= 0.6 is 23.2 Å². The van der Waals surface area contributed by atoms with Gasteiger partial charge in [-0.1, -0.05) is 18.5 Å². The number of hydrogen-bond donors (Lipinski definition) is 1. The first-order valence-corrected chi connectivity index (χ1v) is 5.60. The average Bonchev–Trinajstić information content (AvgIpc) is 2.64. The lowest BCUT2D eigenvalue weighted by atomic mass is 10.2. The number of rotatable bonds is 3. The Bertz CT molecular complexity index is 509. The molecule has 0 radical (unpaired) electrons. The van der Waals surface area contributed by atoms with E-state index in [2.05, 4.69) is 15.1 Å². The SMILES string of the molecule is CC[C@@H](CO)n1ncc2c(Cl)nc(Cl)nc21. The predicted molar refractivity (Wildman–Crippen MR) is 61.8 cm³/mol. The van der Waals surface area contributed by atoms with Crippen LogP contribution in [0.15, 0.2) is 6.20 Å². The highest BCUT2D eigenvalue weighted by Gasteiger charge is 2.16. The molecule has 0 aliphatic carbocycles. The van der Waals surface area contributed by atoms with Crippen LogP contribution < -0.4 is 0 Å². The fourth-order valence-electron chi connectivity index (χ4n) is 1.51. The summed E-state index contributed by atoms with van der Waals surface area (Å²) in [6.45, 7) is 1.95. The van der Waals surface area contributed by atoms with Gasteiger partial charge in [0.25, 0.3) is 0 Å². The maximum absolute atomic E-state index is 9.23. The van der Waals surface area contributed by atoms with E-state index < -0.39 is 0 Å². The summed E-state index contributed by atoms with van der Waals surface area (Å²) in [5.41, 5.74) is 0.547. The van der Waals surface area contributed by atoms with Crippen molar-refractivity contribution in [1.82, 2.24) is 19.7 Å². The summed E-state index contributed by atoms with van der Waals surface area (Å²) in [5.74, 6) is 0. The quantitative estimate of drug-likeness (QED) is 0.678. The molecule has 0 bridgehead atoms. The first-order valence-electron chi connectivity index (χ1n) is 4.84. The zero-order chi connectivity index (χ0) is 11.7. The third-order valence-corrected chi connectivity index (χ3v) is 2.86. The number of aromatic nitrogens is 4. The van der Waals surface area contributed by atoms with E-state index in [1.807, 2.05) is 6.92 Å². The lowest BCUT2D eigenvalue weighted by molar-refractivity contribution is 0.217. The van der Waals surface area contributed by atoms with Gasteiger partial charge in [0, 0.05) is 0 Å². The van der Waals surface area contributed by atoms with Crippen LogP contribution in [0.5, 0.6) is 0 Å². The summed E-state index contributed by atoms with van der Waals surface area (Å²) in [7, 11) is 0. The Labute approximate surface area is 102 Å². The molecule has 2 aromatic heterocycles. The van der Waals surface area contributed by atoms with Gasteiger partial charge in [0.15, 0.2) is 5.65 Å². The lowest BCUT2D eigenvalue weighted by Gasteiger charge is -2.12. The summed E-state index contributed by atoms with van der Waals surface area (Å²) in [4.78, 5) is 7.90. The van der Waals surface area contributed by atoms with Crippen molar-refractivity contribution < 1.29 is 5.11 Å². The minimum atomic E-state index is -0.125. The molecular weight excluding hydrogens is 251 g/mol. The molecule has 1 N–H and O–H groups in total. The molecule has 86 valence electrons. The number of hydrogen-bond acceptors (Lipinski definition) is 4. The molecule has 7 heteroatoms. The van der Waals surface area contributed by atoms with Gasteiger partial charge >= 0.3 is 0 Å². The Morgan fingerprint density at radius 3 is 2.81 bits per heavy atom. The molecule has 1 atom stereocenters. The van der Waals surface area contributed by atoms with E-state index in [1.54, 1.807) is 10.9 Å². The van der Waals surface area contributed by atoms with Crippen LogP contribution in [0, 0.1) is 0 Å². The van der Waals surface area contributed by atoms with Gasteiger partial charge in [-0.05, 0) is 18.0 Å². The average molecular weight is 261 g/mol. The summed E-state index contributed by atoms with van der Waals surface area (Å²) in [5, 5.41) is 14.4. The molecule has 0 aromatic carbocycles. The molecule has 5 nitrogen and oxygen atoms in total. The van der Waals surface area contributed by atoms with Gasteiger partial charge in [-0.25, -0.2) is 9.67 Å². The highest BCUT2D eigenvalue weighted by atomic mass is 35.5. The second-order valence-corrected chi connectivity index (χ2v) is 4.05. The van der Waals surface area contributed by atoms with Crippen molar-refractivity contribution >= 4 is 34.2 Å². The van der Waals surface area contributed by atoms with Crippen LogP contribution in [-0.4, -0.2) is 31.5 Å². The molecule has 0 saturated carbocycles. The van der Waals surface area contributed by atoms with E-state index in [4.69, 9.17) is 23.2 Å². The van der Waals surface area contributed by atoms with Crippen LogP contribution in [-0.2, 0) is 0 Å². The Kier molecular flexibility index (Phi) is 3.28. The van der Waals surface area contributed by atoms with Crippen LogP contribution in [0.25, 0.3) is 11.0 Å². The first-order chi connectivity index (χ1) is 7.67. The van der Waals surface area contributed by atoms with Gasteiger partial charge in [-0.3, -0.25) is 0 Å². The molecule has 2 heterocycles. The van der Waals surface area contributed by atoms with Gasteiger partial charge in [0.2, 0.25) is 5.28 Å². The number of aliphatic hydroxyl groups is 1. The lowest BCUT2D eigenvalue weighted by Crippen LogP contribution is -2.14. The van der Waals surface area contributed by atoms with E-state index in [0.29, 0.717) is 11.0 Å². The van der Waals surface area contributed by atoms with E-state index in [1.165, 1.54) is 0 Å². The largest absolute Gasteiger partial charge is 0.394 e. The summed E-state index contributed by atoms with van der Waals surface area (Å²) in [6.07, 6.45) is 2.32. The van der Waals surface area contributed by atoms with E-state index >= 15 is 0 Å². The maximum Gasteiger partial charge on any atom is 0.225 e. The minimum Gasteiger partial charge on any atom is -0.394 e. The zero-order valence-corrected chi connectivity index (χ0v) is 10.1. The smallest absolute Gasteiger partial charge is 0.225 e. The molecule has 0 unspecified atom stereocenters. The van der Waals surface area contributed by atoms with E-state index in [0.717, 1.165) is 6.42 Å². The molecule has 0 saturated heterocycles. The van der Waals surface area contributed by atoms with Gasteiger partial charge in [0.1, 0.15) is 5.15 Å². The zero-order valence-electron chi connectivity index (χ0n) is 8.56. The standard InChI is InChI=1S/C9H10Cl2N4O/c1-2-5(4-16)15-8-6(3-12-15)7(10)13-9(11)14-8/h3,5,16H,2,4H2,1H3/t5-/m0/s1. The second-order valence-electron chi connectivity index (χ2n) is 3.35. The molecule has 16 heavy (non-hydrogen) atoms. The molecule has 0 amide bonds. The Hall–Kier alpha value is -0.910. The summed E-state index contributed by atoms with van der Waals surface area (Å²) >= 11 is 11.6. The van der Waals surface area contributed by atoms with E-state index in [9.17, 15) is 5.11 Å². The molecule has 0 aliphatic heterocycles. The van der Waals surface area contributed by atoms with Crippen molar-refractivity contribution in [3.8, 4) is 0 Å². The number of nitrogens with zero attached hydrogens (tertiary/aromatic N) is 4. The molecule has 2 rings (SSSR count). The monoisotopic (exact) mass is 260 g/mol. The van der Waals surface area contributed by atoms with Gasteiger partial charge in [-0.2, -0.15) is 10.1 Å². The second kappa shape index (κ2) is 4.53. The fraction of sp³-hybridized carbons (Fsp3) is 0.444. The number of aliphatic hydroxyl groups excluding tert-OH is 1. The van der Waals surface area contributed by atoms with Crippen LogP contribution in [0.2, 0.25) is 10.4 Å². The maximum atomic E-state index is 9.23. The van der Waals surface area contributed by atoms with E-state index in [-0.39, 0.29) is 23.1 Å². The highest BCUT2D eigenvalue weighted by Crippen LogP contribution is 2.24. The van der Waals surface area contributed by atoms with Gasteiger partial charge < -0.3 is 5.11 Å². The normalized spacial score (nSPS) is 13.2. The molecule has 0 fully saturated rings. The third-order valence-electron chi connectivity index (χ3n) is 2.41. The van der Waals surface area contributed by atoms with Gasteiger partial charge in [0.05, 0.1) is 24.2 Å². The summed E-state index contributed by atoms with van der Waals surface area (Å²) in [6, 6.07) is -0.125. The number of fused-ring (bicyclic) bond motifs is 1. The van der Waals surface area contributed by atoms with Crippen LogP contribution in [0.4, 0.5) is 0 Å². The fourth-order valence-corrected chi connectivity index (χ4v) is 1.93. The minimum absolute atomic E-state index is 0.00742.